The Morgan fingerprint density at radius 1 is 1.05 bits per heavy atom. The van der Waals surface area contributed by atoms with E-state index < -0.39 is 5.91 Å². The lowest BCUT2D eigenvalue weighted by Gasteiger charge is -2.07. The number of rotatable bonds is 4. The Balaban J connectivity index is 2.09. The van der Waals surface area contributed by atoms with Crippen molar-refractivity contribution < 1.29 is 9.59 Å². The second-order valence-electron chi connectivity index (χ2n) is 4.27. The van der Waals surface area contributed by atoms with Crippen LogP contribution in [0, 0.1) is 0 Å². The molecular formula is C15H13ClN2O2. The number of benzene rings is 2. The molecule has 20 heavy (non-hydrogen) atoms. The second-order valence-corrected chi connectivity index (χ2v) is 4.68. The van der Waals surface area contributed by atoms with Crippen LogP contribution in [0.2, 0.25) is 5.02 Å². The third-order valence-corrected chi connectivity index (χ3v) is 3.04. The highest BCUT2D eigenvalue weighted by atomic mass is 35.5. The highest BCUT2D eigenvalue weighted by molar-refractivity contribution is 6.34. The Labute approximate surface area is 121 Å². The van der Waals surface area contributed by atoms with Gasteiger partial charge >= 0.3 is 0 Å². The van der Waals surface area contributed by atoms with Gasteiger partial charge in [-0.2, -0.15) is 0 Å². The van der Waals surface area contributed by atoms with E-state index in [1.54, 1.807) is 48.5 Å². The SMILES string of the molecule is NC(=O)Cc1ccc(NC(=O)c2ccccc2Cl)cc1. The number of carbonyl (C=O) groups excluding carboxylic acids is 2. The van der Waals surface area contributed by atoms with E-state index in [4.69, 9.17) is 17.3 Å². The maximum absolute atomic E-state index is 12.0. The molecular weight excluding hydrogens is 276 g/mol. The predicted octanol–water partition coefficient (Wildman–Crippen LogP) is 2.62. The Morgan fingerprint density at radius 2 is 1.70 bits per heavy atom. The molecule has 0 atom stereocenters. The lowest BCUT2D eigenvalue weighted by atomic mass is 10.1. The van der Waals surface area contributed by atoms with E-state index in [-0.39, 0.29) is 12.3 Å². The van der Waals surface area contributed by atoms with Crippen LogP contribution in [-0.4, -0.2) is 11.8 Å². The van der Waals surface area contributed by atoms with Crippen molar-refractivity contribution in [2.24, 2.45) is 5.73 Å². The average Bonchev–Trinajstić information content (AvgIpc) is 2.41. The molecule has 102 valence electrons. The molecule has 0 aliphatic rings. The third-order valence-electron chi connectivity index (χ3n) is 2.71. The first-order valence-corrected chi connectivity index (χ1v) is 6.37. The zero-order chi connectivity index (χ0) is 14.5. The van der Waals surface area contributed by atoms with Crippen LogP contribution in [0.3, 0.4) is 0 Å². The van der Waals surface area contributed by atoms with Gasteiger partial charge in [-0.25, -0.2) is 0 Å². The van der Waals surface area contributed by atoms with Crippen molar-refractivity contribution in [2.45, 2.75) is 6.42 Å². The second kappa shape index (κ2) is 6.21. The summed E-state index contributed by atoms with van der Waals surface area (Å²) in [6, 6.07) is 13.7. The number of anilines is 1. The van der Waals surface area contributed by atoms with Crippen LogP contribution in [-0.2, 0) is 11.2 Å². The van der Waals surface area contributed by atoms with Crippen molar-refractivity contribution in [1.29, 1.82) is 0 Å². The van der Waals surface area contributed by atoms with Crippen molar-refractivity contribution in [3.8, 4) is 0 Å². The minimum Gasteiger partial charge on any atom is -0.369 e. The largest absolute Gasteiger partial charge is 0.369 e. The molecule has 2 aromatic rings. The van der Waals surface area contributed by atoms with Gasteiger partial charge in [-0.3, -0.25) is 9.59 Å². The zero-order valence-electron chi connectivity index (χ0n) is 10.6. The van der Waals surface area contributed by atoms with E-state index in [2.05, 4.69) is 5.32 Å². The summed E-state index contributed by atoms with van der Waals surface area (Å²) in [5.74, 6) is -0.670. The van der Waals surface area contributed by atoms with E-state index in [0.717, 1.165) is 5.56 Å². The van der Waals surface area contributed by atoms with Gasteiger partial charge in [0.25, 0.3) is 5.91 Å². The van der Waals surface area contributed by atoms with Gasteiger partial charge in [0.1, 0.15) is 0 Å². The monoisotopic (exact) mass is 288 g/mol. The summed E-state index contributed by atoms with van der Waals surface area (Å²) in [4.78, 5) is 22.8. The van der Waals surface area contributed by atoms with Crippen LogP contribution in [0.15, 0.2) is 48.5 Å². The molecule has 0 fully saturated rings. The molecule has 2 amide bonds. The molecule has 2 rings (SSSR count). The van der Waals surface area contributed by atoms with Gasteiger partial charge in [0.05, 0.1) is 17.0 Å². The molecule has 0 saturated heterocycles. The van der Waals surface area contributed by atoms with E-state index in [9.17, 15) is 9.59 Å². The summed E-state index contributed by atoms with van der Waals surface area (Å²) < 4.78 is 0. The molecule has 0 bridgehead atoms. The fourth-order valence-electron chi connectivity index (χ4n) is 1.75. The van der Waals surface area contributed by atoms with E-state index in [1.165, 1.54) is 0 Å². The van der Waals surface area contributed by atoms with Gasteiger partial charge in [-0.1, -0.05) is 35.9 Å². The van der Waals surface area contributed by atoms with Crippen LogP contribution < -0.4 is 11.1 Å². The summed E-state index contributed by atoms with van der Waals surface area (Å²) in [5, 5.41) is 3.14. The van der Waals surface area contributed by atoms with E-state index in [0.29, 0.717) is 16.3 Å². The molecule has 0 saturated carbocycles. The topological polar surface area (TPSA) is 72.2 Å². The maximum atomic E-state index is 12.0. The van der Waals surface area contributed by atoms with Crippen LogP contribution in [0.4, 0.5) is 5.69 Å². The number of primary amides is 1. The number of nitrogens with two attached hydrogens (primary N) is 1. The van der Waals surface area contributed by atoms with Gasteiger partial charge in [0, 0.05) is 5.69 Å². The fourth-order valence-corrected chi connectivity index (χ4v) is 1.97. The van der Waals surface area contributed by atoms with Gasteiger partial charge in [0.15, 0.2) is 0 Å². The Hall–Kier alpha value is -2.33. The minimum absolute atomic E-state index is 0.179. The van der Waals surface area contributed by atoms with Crippen molar-refractivity contribution >= 4 is 29.1 Å². The van der Waals surface area contributed by atoms with Crippen molar-refractivity contribution in [2.75, 3.05) is 5.32 Å². The van der Waals surface area contributed by atoms with Crippen molar-refractivity contribution in [3.05, 3.63) is 64.7 Å². The molecule has 0 heterocycles. The summed E-state index contributed by atoms with van der Waals surface area (Å²) in [6.45, 7) is 0. The van der Waals surface area contributed by atoms with Gasteiger partial charge < -0.3 is 11.1 Å². The highest BCUT2D eigenvalue weighted by Gasteiger charge is 2.09. The molecule has 0 spiro atoms. The summed E-state index contributed by atoms with van der Waals surface area (Å²) >= 11 is 5.96. The normalized spacial score (nSPS) is 10.1. The van der Waals surface area contributed by atoms with Gasteiger partial charge in [-0.05, 0) is 29.8 Å². The van der Waals surface area contributed by atoms with Crippen LogP contribution in [0.1, 0.15) is 15.9 Å². The standard InChI is InChI=1S/C15H13ClN2O2/c16-13-4-2-1-3-12(13)15(20)18-11-7-5-10(6-8-11)9-14(17)19/h1-8H,9H2,(H2,17,19)(H,18,20). The molecule has 4 nitrogen and oxygen atoms in total. The number of amides is 2. The molecule has 0 aromatic heterocycles. The average molecular weight is 289 g/mol. The first-order chi connectivity index (χ1) is 9.56. The minimum atomic E-state index is -0.391. The van der Waals surface area contributed by atoms with Crippen molar-refractivity contribution in [1.82, 2.24) is 0 Å². The maximum Gasteiger partial charge on any atom is 0.257 e. The predicted molar refractivity (Wildman–Crippen MR) is 78.7 cm³/mol. The number of carbonyl (C=O) groups is 2. The molecule has 0 aliphatic carbocycles. The lowest BCUT2D eigenvalue weighted by Crippen LogP contribution is -2.14. The number of hydrogen-bond donors (Lipinski definition) is 2. The number of halogens is 1. The van der Waals surface area contributed by atoms with Gasteiger partial charge in [-0.15, -0.1) is 0 Å². The van der Waals surface area contributed by atoms with Crippen LogP contribution in [0.5, 0.6) is 0 Å². The Kier molecular flexibility index (Phi) is 4.38. The van der Waals surface area contributed by atoms with Crippen LogP contribution >= 0.6 is 11.6 Å². The van der Waals surface area contributed by atoms with Gasteiger partial charge in [0.2, 0.25) is 5.91 Å². The molecule has 3 N–H and O–H groups in total. The molecule has 0 aliphatic heterocycles. The number of nitrogens with one attached hydrogen (secondary N) is 1. The Bertz CT molecular complexity index is 639. The summed E-state index contributed by atoms with van der Waals surface area (Å²) in [7, 11) is 0. The quantitative estimate of drug-likeness (QED) is 0.908. The first-order valence-electron chi connectivity index (χ1n) is 5.99. The van der Waals surface area contributed by atoms with Crippen LogP contribution in [0.25, 0.3) is 0 Å². The smallest absolute Gasteiger partial charge is 0.257 e. The third kappa shape index (κ3) is 3.59. The summed E-state index contributed by atoms with van der Waals surface area (Å²) in [6.07, 6.45) is 0.179. The summed E-state index contributed by atoms with van der Waals surface area (Å²) in [5.41, 5.74) is 6.95. The molecule has 0 radical (unpaired) electrons. The lowest BCUT2D eigenvalue weighted by molar-refractivity contribution is -0.117. The molecule has 5 heteroatoms. The Morgan fingerprint density at radius 3 is 2.30 bits per heavy atom. The first kappa shape index (κ1) is 14.1. The number of hydrogen-bond acceptors (Lipinski definition) is 2. The molecule has 2 aromatic carbocycles. The fraction of sp³-hybridized carbons (Fsp3) is 0.0667. The van der Waals surface area contributed by atoms with E-state index in [1.807, 2.05) is 0 Å². The highest BCUT2D eigenvalue weighted by Crippen LogP contribution is 2.17. The zero-order valence-corrected chi connectivity index (χ0v) is 11.4. The van der Waals surface area contributed by atoms with E-state index >= 15 is 0 Å². The molecule has 0 unspecified atom stereocenters. The van der Waals surface area contributed by atoms with Crippen molar-refractivity contribution in [3.63, 3.8) is 0 Å².